The molecule has 1 heterocycles. The van der Waals surface area contributed by atoms with Crippen LogP contribution in [-0.4, -0.2) is 35.4 Å². The maximum Gasteiger partial charge on any atom is 0.223 e. The zero-order valence-corrected chi connectivity index (χ0v) is 12.5. The van der Waals surface area contributed by atoms with Gasteiger partial charge in [0, 0.05) is 37.0 Å². The van der Waals surface area contributed by atoms with E-state index in [4.69, 9.17) is 0 Å². The molecule has 1 amide bonds. The van der Waals surface area contributed by atoms with Gasteiger partial charge in [-0.15, -0.1) is 11.3 Å². The van der Waals surface area contributed by atoms with E-state index in [1.165, 1.54) is 4.88 Å². The summed E-state index contributed by atoms with van der Waals surface area (Å²) in [5.41, 5.74) is 2.94. The predicted molar refractivity (Wildman–Crippen MR) is 75.8 cm³/mol. The van der Waals surface area contributed by atoms with Crippen LogP contribution in [0.3, 0.4) is 0 Å². The number of thiazole rings is 1. The highest BCUT2D eigenvalue weighted by Gasteiger charge is 2.12. The monoisotopic (exact) mass is 269 g/mol. The average Bonchev–Trinajstić information content (AvgIpc) is 2.77. The molecule has 0 spiro atoms. The van der Waals surface area contributed by atoms with E-state index < -0.39 is 0 Å². The first-order valence-electron chi connectivity index (χ1n) is 6.51. The number of hydrogen-bond donors (Lipinski definition) is 1. The number of nitrogens with zero attached hydrogens (tertiary/aromatic N) is 2. The molecule has 5 heteroatoms. The molecule has 0 aliphatic heterocycles. The third-order valence-corrected chi connectivity index (χ3v) is 4.20. The summed E-state index contributed by atoms with van der Waals surface area (Å²) in [4.78, 5) is 19.2. The molecule has 1 unspecified atom stereocenters. The van der Waals surface area contributed by atoms with Crippen molar-refractivity contribution in [1.29, 1.82) is 0 Å². The maximum atomic E-state index is 11.8. The topological polar surface area (TPSA) is 45.2 Å². The van der Waals surface area contributed by atoms with E-state index in [-0.39, 0.29) is 11.9 Å². The summed E-state index contributed by atoms with van der Waals surface area (Å²) in [7, 11) is 0. The first-order chi connectivity index (χ1) is 8.60. The summed E-state index contributed by atoms with van der Waals surface area (Å²) < 4.78 is 0. The molecule has 0 aliphatic carbocycles. The second kappa shape index (κ2) is 7.48. The highest BCUT2D eigenvalue weighted by molar-refractivity contribution is 7.09. The zero-order chi connectivity index (χ0) is 13.5. The molecule has 1 atom stereocenters. The number of rotatable bonds is 7. The summed E-state index contributed by atoms with van der Waals surface area (Å²) in [6, 6.07) is 0.266. The molecule has 0 fully saturated rings. The van der Waals surface area contributed by atoms with Gasteiger partial charge in [-0.3, -0.25) is 4.79 Å². The lowest BCUT2D eigenvalue weighted by molar-refractivity contribution is -0.130. The van der Waals surface area contributed by atoms with Gasteiger partial charge in [0.05, 0.1) is 11.2 Å². The van der Waals surface area contributed by atoms with Crippen molar-refractivity contribution in [3.8, 4) is 0 Å². The van der Waals surface area contributed by atoms with Gasteiger partial charge in [0.2, 0.25) is 5.91 Å². The van der Waals surface area contributed by atoms with Crippen LogP contribution in [0.4, 0.5) is 0 Å². The second-order valence-corrected chi connectivity index (χ2v) is 5.18. The summed E-state index contributed by atoms with van der Waals surface area (Å²) in [6.45, 7) is 10.5. The van der Waals surface area contributed by atoms with Crippen LogP contribution in [0.2, 0.25) is 0 Å². The molecular formula is C13H23N3OS. The van der Waals surface area contributed by atoms with Gasteiger partial charge in [-0.05, 0) is 27.7 Å². The maximum absolute atomic E-state index is 11.8. The van der Waals surface area contributed by atoms with Crippen molar-refractivity contribution in [2.75, 3.05) is 19.6 Å². The molecule has 1 aromatic rings. The van der Waals surface area contributed by atoms with Crippen molar-refractivity contribution < 1.29 is 4.79 Å². The fourth-order valence-corrected chi connectivity index (χ4v) is 2.78. The first kappa shape index (κ1) is 15.1. The summed E-state index contributed by atoms with van der Waals surface area (Å²) in [5.74, 6) is 0.223. The van der Waals surface area contributed by atoms with Crippen LogP contribution in [0.1, 0.15) is 43.8 Å². The Morgan fingerprint density at radius 1 is 1.50 bits per heavy atom. The van der Waals surface area contributed by atoms with Crippen LogP contribution in [0.15, 0.2) is 5.51 Å². The van der Waals surface area contributed by atoms with Gasteiger partial charge in [-0.2, -0.15) is 0 Å². The molecule has 4 nitrogen and oxygen atoms in total. The van der Waals surface area contributed by atoms with Crippen molar-refractivity contribution in [3.63, 3.8) is 0 Å². The quantitative estimate of drug-likeness (QED) is 0.826. The minimum Gasteiger partial charge on any atom is -0.343 e. The molecule has 0 radical (unpaired) electrons. The summed E-state index contributed by atoms with van der Waals surface area (Å²) >= 11 is 1.66. The number of carbonyl (C=O) groups excluding carboxylic acids is 1. The van der Waals surface area contributed by atoms with Gasteiger partial charge < -0.3 is 10.2 Å². The van der Waals surface area contributed by atoms with E-state index >= 15 is 0 Å². The number of aromatic nitrogens is 1. The van der Waals surface area contributed by atoms with Crippen molar-refractivity contribution in [3.05, 3.63) is 16.1 Å². The van der Waals surface area contributed by atoms with Crippen LogP contribution in [0.5, 0.6) is 0 Å². The smallest absolute Gasteiger partial charge is 0.223 e. The minimum atomic E-state index is 0.223. The van der Waals surface area contributed by atoms with Gasteiger partial charge in [0.15, 0.2) is 0 Å². The van der Waals surface area contributed by atoms with E-state index in [2.05, 4.69) is 17.2 Å². The largest absolute Gasteiger partial charge is 0.343 e. The van der Waals surface area contributed by atoms with Crippen molar-refractivity contribution in [2.24, 2.45) is 0 Å². The Morgan fingerprint density at radius 2 is 2.17 bits per heavy atom. The van der Waals surface area contributed by atoms with Crippen LogP contribution in [0, 0.1) is 6.92 Å². The SMILES string of the molecule is CCN(CC)C(=O)CCNC(C)c1scnc1C. The third kappa shape index (κ3) is 4.07. The van der Waals surface area contributed by atoms with Gasteiger partial charge in [-0.1, -0.05) is 0 Å². The van der Waals surface area contributed by atoms with Crippen molar-refractivity contribution >= 4 is 17.2 Å². The normalized spacial score (nSPS) is 12.4. The molecule has 0 saturated carbocycles. The van der Waals surface area contributed by atoms with Crippen molar-refractivity contribution in [1.82, 2.24) is 15.2 Å². The van der Waals surface area contributed by atoms with Crippen molar-refractivity contribution in [2.45, 2.75) is 40.2 Å². The number of aryl methyl sites for hydroxylation is 1. The van der Waals surface area contributed by atoms with Crippen LogP contribution < -0.4 is 5.32 Å². The Balaban J connectivity index is 2.34. The molecule has 0 saturated heterocycles. The first-order valence-corrected chi connectivity index (χ1v) is 7.39. The Morgan fingerprint density at radius 3 is 2.67 bits per heavy atom. The van der Waals surface area contributed by atoms with Gasteiger partial charge in [-0.25, -0.2) is 4.98 Å². The lowest BCUT2D eigenvalue weighted by Gasteiger charge is -2.19. The number of carbonyl (C=O) groups is 1. The van der Waals surface area contributed by atoms with Crippen LogP contribution >= 0.6 is 11.3 Å². The van der Waals surface area contributed by atoms with Crippen LogP contribution in [0.25, 0.3) is 0 Å². The standard InChI is InChI=1S/C13H23N3OS/c1-5-16(6-2)12(17)7-8-14-10(3)13-11(4)15-9-18-13/h9-10,14H,5-8H2,1-4H3. The van der Waals surface area contributed by atoms with E-state index in [0.29, 0.717) is 13.0 Å². The molecule has 1 aromatic heterocycles. The highest BCUT2D eigenvalue weighted by Crippen LogP contribution is 2.20. The van der Waals surface area contributed by atoms with E-state index in [9.17, 15) is 4.79 Å². The Hall–Kier alpha value is -0.940. The summed E-state index contributed by atoms with van der Waals surface area (Å²) in [5, 5.41) is 3.38. The molecule has 18 heavy (non-hydrogen) atoms. The Labute approximate surface area is 113 Å². The number of amides is 1. The van der Waals surface area contributed by atoms with E-state index in [1.807, 2.05) is 31.2 Å². The predicted octanol–water partition coefficient (Wildman–Crippen LogP) is 2.36. The lowest BCUT2D eigenvalue weighted by atomic mass is 10.2. The lowest BCUT2D eigenvalue weighted by Crippen LogP contribution is -2.33. The second-order valence-electron chi connectivity index (χ2n) is 4.29. The minimum absolute atomic E-state index is 0.223. The van der Waals surface area contributed by atoms with Crippen LogP contribution in [-0.2, 0) is 4.79 Å². The van der Waals surface area contributed by atoms with Gasteiger partial charge >= 0.3 is 0 Å². The van der Waals surface area contributed by atoms with E-state index in [1.54, 1.807) is 11.3 Å². The Bertz CT molecular complexity index is 374. The molecule has 0 aromatic carbocycles. The van der Waals surface area contributed by atoms with E-state index in [0.717, 1.165) is 18.8 Å². The molecule has 1 N–H and O–H groups in total. The Kier molecular flexibility index (Phi) is 6.29. The molecule has 102 valence electrons. The average molecular weight is 269 g/mol. The van der Waals surface area contributed by atoms with Gasteiger partial charge in [0.1, 0.15) is 0 Å². The molecule has 0 aliphatic rings. The third-order valence-electron chi connectivity index (χ3n) is 3.08. The number of hydrogen-bond acceptors (Lipinski definition) is 4. The fraction of sp³-hybridized carbons (Fsp3) is 0.692. The zero-order valence-electron chi connectivity index (χ0n) is 11.7. The molecule has 0 bridgehead atoms. The number of nitrogens with one attached hydrogen (secondary N) is 1. The highest BCUT2D eigenvalue weighted by atomic mass is 32.1. The fourth-order valence-electron chi connectivity index (χ4n) is 1.95. The molecular weight excluding hydrogens is 246 g/mol. The van der Waals surface area contributed by atoms with Gasteiger partial charge in [0.25, 0.3) is 0 Å². The molecule has 1 rings (SSSR count). The summed E-state index contributed by atoms with van der Waals surface area (Å²) in [6.07, 6.45) is 0.559.